The van der Waals surface area contributed by atoms with Gasteiger partial charge in [-0.2, -0.15) is 0 Å². The summed E-state index contributed by atoms with van der Waals surface area (Å²) in [7, 11) is 3.46. The molecule has 0 saturated carbocycles. The zero-order chi connectivity index (χ0) is 16.0. The van der Waals surface area contributed by atoms with Crippen molar-refractivity contribution in [1.29, 1.82) is 0 Å². The first-order chi connectivity index (χ1) is 10.8. The lowest BCUT2D eigenvalue weighted by Gasteiger charge is -2.21. The molecular weight excluding hydrogens is 409 g/mol. The highest BCUT2D eigenvalue weighted by Crippen LogP contribution is 2.16. The number of nitrogens with one attached hydrogen (secondary N) is 1. The van der Waals surface area contributed by atoms with Crippen molar-refractivity contribution in [3.05, 3.63) is 0 Å². The fourth-order valence-electron chi connectivity index (χ4n) is 2.57. The molecule has 138 valence electrons. The number of hydrogen-bond acceptors (Lipinski definition) is 4. The number of methoxy groups -OCH3 is 2. The maximum Gasteiger partial charge on any atom is 0.193 e. The minimum atomic E-state index is 0. The molecule has 0 radical (unpaired) electrons. The Hall–Kier alpha value is -0.120. The van der Waals surface area contributed by atoms with Crippen LogP contribution in [-0.4, -0.2) is 77.7 Å². The molecule has 0 amide bonds. The van der Waals surface area contributed by atoms with Crippen molar-refractivity contribution in [2.75, 3.05) is 66.8 Å². The Labute approximate surface area is 158 Å². The topological polar surface area (TPSA) is 55.3 Å². The van der Waals surface area contributed by atoms with Crippen LogP contribution in [0.2, 0.25) is 0 Å². The lowest BCUT2D eigenvalue weighted by molar-refractivity contribution is 0.0690. The minimum absolute atomic E-state index is 0. The quantitative estimate of drug-likeness (QED) is 0.229. The van der Waals surface area contributed by atoms with Crippen molar-refractivity contribution in [1.82, 2.24) is 10.2 Å². The van der Waals surface area contributed by atoms with Gasteiger partial charge in [0.15, 0.2) is 5.96 Å². The SMILES string of the molecule is CCNC(=NCCCCOCCOC)N1CCC(COC)C1.I. The van der Waals surface area contributed by atoms with E-state index in [1.165, 1.54) is 6.42 Å². The van der Waals surface area contributed by atoms with Gasteiger partial charge < -0.3 is 24.4 Å². The average Bonchev–Trinajstić information content (AvgIpc) is 2.98. The minimum Gasteiger partial charge on any atom is -0.384 e. The Bertz CT molecular complexity index is 306. The second-order valence-corrected chi connectivity index (χ2v) is 5.60. The lowest BCUT2D eigenvalue weighted by atomic mass is 10.1. The standard InChI is InChI=1S/C16H33N3O3.HI/c1-4-17-16(19-9-7-15(13-19)14-21-3)18-8-5-6-10-22-12-11-20-2;/h15H,4-14H2,1-3H3,(H,17,18);1H. The highest BCUT2D eigenvalue weighted by molar-refractivity contribution is 14.0. The number of halogens is 1. The van der Waals surface area contributed by atoms with Gasteiger partial charge >= 0.3 is 0 Å². The molecule has 1 unspecified atom stereocenters. The zero-order valence-electron chi connectivity index (χ0n) is 14.9. The van der Waals surface area contributed by atoms with Crippen LogP contribution in [0.3, 0.4) is 0 Å². The molecule has 0 aromatic carbocycles. The monoisotopic (exact) mass is 443 g/mol. The van der Waals surface area contributed by atoms with E-state index >= 15 is 0 Å². The van der Waals surface area contributed by atoms with Gasteiger partial charge in [0.25, 0.3) is 0 Å². The second kappa shape index (κ2) is 15.4. The number of unbranched alkanes of at least 4 members (excludes halogenated alkanes) is 1. The normalized spacial score (nSPS) is 18.1. The molecule has 0 bridgehead atoms. The number of guanidine groups is 1. The molecule has 1 heterocycles. The van der Waals surface area contributed by atoms with Crippen molar-refractivity contribution in [3.63, 3.8) is 0 Å². The van der Waals surface area contributed by atoms with Crippen LogP contribution in [-0.2, 0) is 14.2 Å². The molecule has 1 atom stereocenters. The van der Waals surface area contributed by atoms with Crippen LogP contribution in [0.5, 0.6) is 0 Å². The van der Waals surface area contributed by atoms with Crippen LogP contribution in [0.15, 0.2) is 4.99 Å². The summed E-state index contributed by atoms with van der Waals surface area (Å²) in [6.07, 6.45) is 3.28. The van der Waals surface area contributed by atoms with Crippen molar-refractivity contribution in [3.8, 4) is 0 Å². The summed E-state index contributed by atoms with van der Waals surface area (Å²) in [5.74, 6) is 1.67. The molecule has 1 aliphatic heterocycles. The summed E-state index contributed by atoms with van der Waals surface area (Å²) in [4.78, 5) is 7.08. The van der Waals surface area contributed by atoms with Gasteiger partial charge in [-0.3, -0.25) is 4.99 Å². The molecule has 1 saturated heterocycles. The number of nitrogens with zero attached hydrogens (tertiary/aromatic N) is 2. The smallest absolute Gasteiger partial charge is 0.193 e. The number of rotatable bonds is 11. The fraction of sp³-hybridized carbons (Fsp3) is 0.938. The van der Waals surface area contributed by atoms with E-state index in [1.54, 1.807) is 14.2 Å². The van der Waals surface area contributed by atoms with Gasteiger partial charge in [0, 0.05) is 52.9 Å². The summed E-state index contributed by atoms with van der Waals surface area (Å²) < 4.78 is 15.7. The molecule has 0 aromatic heterocycles. The van der Waals surface area contributed by atoms with E-state index in [1.807, 2.05) is 0 Å². The maximum atomic E-state index is 5.46. The Morgan fingerprint density at radius 1 is 1.17 bits per heavy atom. The van der Waals surface area contributed by atoms with Gasteiger partial charge in [-0.1, -0.05) is 0 Å². The Morgan fingerprint density at radius 3 is 2.70 bits per heavy atom. The highest BCUT2D eigenvalue weighted by Gasteiger charge is 2.24. The molecule has 7 heteroatoms. The number of hydrogen-bond donors (Lipinski definition) is 1. The summed E-state index contributed by atoms with van der Waals surface area (Å²) in [5, 5.41) is 3.39. The third kappa shape index (κ3) is 10.4. The average molecular weight is 443 g/mol. The summed E-state index contributed by atoms with van der Waals surface area (Å²) >= 11 is 0. The number of aliphatic imine (C=N–C) groups is 1. The zero-order valence-corrected chi connectivity index (χ0v) is 17.2. The van der Waals surface area contributed by atoms with Gasteiger partial charge in [0.05, 0.1) is 19.8 Å². The van der Waals surface area contributed by atoms with Gasteiger partial charge in [-0.15, -0.1) is 24.0 Å². The molecule has 6 nitrogen and oxygen atoms in total. The van der Waals surface area contributed by atoms with E-state index in [0.29, 0.717) is 19.1 Å². The molecule has 1 N–H and O–H groups in total. The van der Waals surface area contributed by atoms with Gasteiger partial charge in [-0.05, 0) is 26.2 Å². The van der Waals surface area contributed by atoms with Crippen molar-refractivity contribution < 1.29 is 14.2 Å². The van der Waals surface area contributed by atoms with Crippen LogP contribution in [0.1, 0.15) is 26.2 Å². The predicted octanol–water partition coefficient (Wildman–Crippen LogP) is 1.98. The first-order valence-corrected chi connectivity index (χ1v) is 8.40. The predicted molar refractivity (Wildman–Crippen MR) is 105 cm³/mol. The van der Waals surface area contributed by atoms with Crippen LogP contribution in [0.4, 0.5) is 0 Å². The van der Waals surface area contributed by atoms with Gasteiger partial charge in [0.2, 0.25) is 0 Å². The summed E-state index contributed by atoms with van der Waals surface area (Å²) in [5.41, 5.74) is 0. The molecule has 1 aliphatic rings. The Morgan fingerprint density at radius 2 is 2.00 bits per heavy atom. The molecule has 0 spiro atoms. The summed E-state index contributed by atoms with van der Waals surface area (Å²) in [6.45, 7) is 8.95. The second-order valence-electron chi connectivity index (χ2n) is 5.60. The summed E-state index contributed by atoms with van der Waals surface area (Å²) in [6, 6.07) is 0. The van der Waals surface area contributed by atoms with E-state index in [-0.39, 0.29) is 24.0 Å². The van der Waals surface area contributed by atoms with Crippen molar-refractivity contribution in [2.24, 2.45) is 10.9 Å². The molecule has 23 heavy (non-hydrogen) atoms. The third-order valence-electron chi connectivity index (χ3n) is 3.71. The lowest BCUT2D eigenvalue weighted by Crippen LogP contribution is -2.40. The largest absolute Gasteiger partial charge is 0.384 e. The van der Waals surface area contributed by atoms with Crippen LogP contribution >= 0.6 is 24.0 Å². The molecule has 1 fully saturated rings. The molecular formula is C16H34IN3O3. The van der Waals surface area contributed by atoms with Gasteiger partial charge in [-0.25, -0.2) is 0 Å². The fourth-order valence-corrected chi connectivity index (χ4v) is 2.57. The maximum absolute atomic E-state index is 5.46. The van der Waals surface area contributed by atoms with Crippen LogP contribution in [0, 0.1) is 5.92 Å². The van der Waals surface area contributed by atoms with E-state index in [0.717, 1.165) is 58.2 Å². The Balaban J connectivity index is 0.00000484. The van der Waals surface area contributed by atoms with Crippen molar-refractivity contribution in [2.45, 2.75) is 26.2 Å². The number of likely N-dealkylation sites (tertiary alicyclic amines) is 1. The first kappa shape index (κ1) is 22.9. The Kier molecular flexibility index (Phi) is 15.3. The van der Waals surface area contributed by atoms with Crippen LogP contribution in [0.25, 0.3) is 0 Å². The van der Waals surface area contributed by atoms with Gasteiger partial charge in [0.1, 0.15) is 0 Å². The van der Waals surface area contributed by atoms with E-state index in [9.17, 15) is 0 Å². The molecule has 0 aliphatic carbocycles. The molecule has 0 aromatic rings. The molecule has 1 rings (SSSR count). The van der Waals surface area contributed by atoms with Crippen molar-refractivity contribution >= 4 is 29.9 Å². The van der Waals surface area contributed by atoms with E-state index in [2.05, 4.69) is 17.1 Å². The van der Waals surface area contributed by atoms with Crippen LogP contribution < -0.4 is 5.32 Å². The van der Waals surface area contributed by atoms with E-state index in [4.69, 9.17) is 19.2 Å². The third-order valence-corrected chi connectivity index (χ3v) is 3.71. The number of ether oxygens (including phenoxy) is 3. The van der Waals surface area contributed by atoms with E-state index < -0.39 is 0 Å². The highest BCUT2D eigenvalue weighted by atomic mass is 127. The first-order valence-electron chi connectivity index (χ1n) is 8.40.